The molecule has 118 valence electrons. The lowest BCUT2D eigenvalue weighted by Crippen LogP contribution is -2.40. The molecule has 0 bridgehead atoms. The van der Waals surface area contributed by atoms with Crippen molar-refractivity contribution in [3.63, 3.8) is 0 Å². The molecule has 0 aromatic carbocycles. The molecule has 7 heteroatoms. The molecule has 0 amide bonds. The zero-order chi connectivity index (χ0) is 15.1. The van der Waals surface area contributed by atoms with Gasteiger partial charge in [0.1, 0.15) is 18.7 Å². The molecule has 1 fully saturated rings. The zero-order valence-electron chi connectivity index (χ0n) is 13.3. The Morgan fingerprint density at radius 1 is 1.43 bits per heavy atom. The number of aromatic nitrogens is 3. The molecule has 0 aliphatic carbocycles. The van der Waals surface area contributed by atoms with E-state index < -0.39 is 0 Å². The van der Waals surface area contributed by atoms with Gasteiger partial charge in [0, 0.05) is 26.7 Å². The van der Waals surface area contributed by atoms with Gasteiger partial charge in [-0.25, -0.2) is 9.98 Å². The summed E-state index contributed by atoms with van der Waals surface area (Å²) in [6.07, 6.45) is 2.83. The Bertz CT molecular complexity index is 454. The minimum atomic E-state index is 0.539. The lowest BCUT2D eigenvalue weighted by Gasteiger charge is -2.16. The number of nitrogens with one attached hydrogen (secondary N) is 2. The van der Waals surface area contributed by atoms with Crippen LogP contribution in [0.3, 0.4) is 0 Å². The monoisotopic (exact) mass is 293 g/mol. The molecule has 0 spiro atoms. The number of likely N-dealkylation sites (tertiary alicyclic amines) is 1. The van der Waals surface area contributed by atoms with Gasteiger partial charge in [-0.2, -0.15) is 5.10 Å². The Hall–Kier alpha value is -1.63. The maximum atomic E-state index is 4.57. The fraction of sp³-hybridized carbons (Fsp3) is 0.786. The first-order valence-corrected chi connectivity index (χ1v) is 7.80. The van der Waals surface area contributed by atoms with Crippen molar-refractivity contribution in [1.29, 1.82) is 0 Å². The van der Waals surface area contributed by atoms with Gasteiger partial charge in [0.05, 0.1) is 0 Å². The summed E-state index contributed by atoms with van der Waals surface area (Å²) in [5.74, 6) is 2.43. The molecule has 1 aliphatic rings. The van der Waals surface area contributed by atoms with Crippen molar-refractivity contribution in [2.24, 2.45) is 18.0 Å². The summed E-state index contributed by atoms with van der Waals surface area (Å²) in [5, 5.41) is 10.8. The topological polar surface area (TPSA) is 70.4 Å². The normalized spacial score (nSPS) is 20.0. The number of aryl methyl sites for hydroxylation is 1. The molecule has 1 aromatic rings. The van der Waals surface area contributed by atoms with E-state index >= 15 is 0 Å². The van der Waals surface area contributed by atoms with Crippen LogP contribution in [0.4, 0.5) is 0 Å². The maximum absolute atomic E-state index is 4.57. The van der Waals surface area contributed by atoms with Gasteiger partial charge in [0.25, 0.3) is 0 Å². The molecular formula is C14H27N7. The zero-order valence-corrected chi connectivity index (χ0v) is 13.3. The summed E-state index contributed by atoms with van der Waals surface area (Å²) in [5.41, 5.74) is 0. The van der Waals surface area contributed by atoms with Crippen LogP contribution in [-0.2, 0) is 13.6 Å². The Morgan fingerprint density at radius 3 is 2.90 bits per heavy atom. The molecule has 7 nitrogen and oxygen atoms in total. The molecule has 2 heterocycles. The first-order chi connectivity index (χ1) is 10.2. The Morgan fingerprint density at radius 2 is 2.29 bits per heavy atom. The SMILES string of the molecule is CCNC(=NCc1ncnn1C)NCC1CCN(CC)C1. The number of aliphatic imine (C=N–C) groups is 1. The van der Waals surface area contributed by atoms with Gasteiger partial charge in [-0.15, -0.1) is 0 Å². The van der Waals surface area contributed by atoms with Crippen LogP contribution in [0.2, 0.25) is 0 Å². The number of hydrogen-bond donors (Lipinski definition) is 2. The van der Waals surface area contributed by atoms with Gasteiger partial charge in [0.15, 0.2) is 5.96 Å². The van der Waals surface area contributed by atoms with E-state index in [1.807, 2.05) is 7.05 Å². The average molecular weight is 293 g/mol. The molecule has 1 aliphatic heterocycles. The third-order valence-corrected chi connectivity index (χ3v) is 3.90. The number of hydrogen-bond acceptors (Lipinski definition) is 4. The lowest BCUT2D eigenvalue weighted by molar-refractivity contribution is 0.342. The van der Waals surface area contributed by atoms with E-state index in [-0.39, 0.29) is 0 Å². The molecule has 2 N–H and O–H groups in total. The van der Waals surface area contributed by atoms with Crippen molar-refractivity contribution in [3.8, 4) is 0 Å². The molecular weight excluding hydrogens is 266 g/mol. The minimum absolute atomic E-state index is 0.539. The van der Waals surface area contributed by atoms with Gasteiger partial charge in [-0.3, -0.25) is 4.68 Å². The Kier molecular flexibility index (Phi) is 5.98. The highest BCUT2D eigenvalue weighted by atomic mass is 15.3. The van der Waals surface area contributed by atoms with Crippen molar-refractivity contribution in [2.75, 3.05) is 32.7 Å². The second kappa shape index (κ2) is 7.97. The van der Waals surface area contributed by atoms with Gasteiger partial charge in [-0.1, -0.05) is 6.92 Å². The van der Waals surface area contributed by atoms with Crippen LogP contribution in [0.5, 0.6) is 0 Å². The van der Waals surface area contributed by atoms with Gasteiger partial charge in [0.2, 0.25) is 0 Å². The highest BCUT2D eigenvalue weighted by molar-refractivity contribution is 5.79. The number of guanidine groups is 1. The lowest BCUT2D eigenvalue weighted by atomic mass is 10.1. The van der Waals surface area contributed by atoms with Crippen molar-refractivity contribution < 1.29 is 0 Å². The highest BCUT2D eigenvalue weighted by Gasteiger charge is 2.20. The van der Waals surface area contributed by atoms with Crippen LogP contribution in [0.15, 0.2) is 11.3 Å². The molecule has 0 saturated carbocycles. The number of nitrogens with zero attached hydrogens (tertiary/aromatic N) is 5. The van der Waals surface area contributed by atoms with Crippen molar-refractivity contribution in [1.82, 2.24) is 30.3 Å². The van der Waals surface area contributed by atoms with Crippen molar-refractivity contribution in [2.45, 2.75) is 26.8 Å². The van der Waals surface area contributed by atoms with Gasteiger partial charge >= 0.3 is 0 Å². The molecule has 1 atom stereocenters. The minimum Gasteiger partial charge on any atom is -0.357 e. The molecule has 1 aromatic heterocycles. The van der Waals surface area contributed by atoms with Crippen LogP contribution in [0, 0.1) is 5.92 Å². The Balaban J connectivity index is 1.82. The summed E-state index contributed by atoms with van der Waals surface area (Å²) in [6.45, 7) is 10.2. The second-order valence-corrected chi connectivity index (χ2v) is 5.42. The van der Waals surface area contributed by atoms with Gasteiger partial charge in [-0.05, 0) is 32.4 Å². The van der Waals surface area contributed by atoms with E-state index in [2.05, 4.69) is 44.5 Å². The van der Waals surface area contributed by atoms with E-state index in [4.69, 9.17) is 0 Å². The standard InChI is InChI=1S/C14H27N7/c1-4-15-14(17-9-13-18-11-19-20(13)3)16-8-12-6-7-21(5-2)10-12/h11-12H,4-10H2,1-3H3,(H2,15,16,17). The third-order valence-electron chi connectivity index (χ3n) is 3.90. The van der Waals surface area contributed by atoms with Crippen LogP contribution >= 0.6 is 0 Å². The first kappa shape index (κ1) is 15.8. The summed E-state index contributed by atoms with van der Waals surface area (Å²) in [7, 11) is 1.88. The largest absolute Gasteiger partial charge is 0.357 e. The van der Waals surface area contributed by atoms with Gasteiger partial charge < -0.3 is 15.5 Å². The molecule has 1 saturated heterocycles. The van der Waals surface area contributed by atoms with Crippen molar-refractivity contribution in [3.05, 3.63) is 12.2 Å². The molecule has 0 radical (unpaired) electrons. The summed E-state index contributed by atoms with van der Waals surface area (Å²) in [4.78, 5) is 11.3. The van der Waals surface area contributed by atoms with Crippen LogP contribution in [0.1, 0.15) is 26.1 Å². The smallest absolute Gasteiger partial charge is 0.191 e. The quantitative estimate of drug-likeness (QED) is 0.580. The van der Waals surface area contributed by atoms with E-state index in [0.29, 0.717) is 12.5 Å². The molecule has 1 unspecified atom stereocenters. The highest BCUT2D eigenvalue weighted by Crippen LogP contribution is 2.14. The van der Waals surface area contributed by atoms with E-state index in [1.165, 1.54) is 19.5 Å². The third kappa shape index (κ3) is 4.70. The average Bonchev–Trinajstić information content (AvgIpc) is 3.11. The van der Waals surface area contributed by atoms with Crippen LogP contribution in [0.25, 0.3) is 0 Å². The van der Waals surface area contributed by atoms with E-state index in [0.717, 1.165) is 31.4 Å². The maximum Gasteiger partial charge on any atom is 0.191 e. The fourth-order valence-electron chi connectivity index (χ4n) is 2.56. The molecule has 2 rings (SSSR count). The van der Waals surface area contributed by atoms with Crippen molar-refractivity contribution >= 4 is 5.96 Å². The molecule has 21 heavy (non-hydrogen) atoms. The van der Waals surface area contributed by atoms with Crippen LogP contribution in [-0.4, -0.2) is 58.3 Å². The summed E-state index contributed by atoms with van der Waals surface area (Å²) in [6, 6.07) is 0. The first-order valence-electron chi connectivity index (χ1n) is 7.80. The predicted octanol–water partition coefficient (Wildman–Crippen LogP) is 0.212. The summed E-state index contributed by atoms with van der Waals surface area (Å²) >= 11 is 0. The van der Waals surface area contributed by atoms with Crippen LogP contribution < -0.4 is 10.6 Å². The predicted molar refractivity (Wildman–Crippen MR) is 84.0 cm³/mol. The summed E-state index contributed by atoms with van der Waals surface area (Å²) < 4.78 is 1.75. The number of rotatable bonds is 6. The Labute approximate surface area is 126 Å². The van der Waals surface area contributed by atoms with E-state index in [1.54, 1.807) is 11.0 Å². The van der Waals surface area contributed by atoms with E-state index in [9.17, 15) is 0 Å². The second-order valence-electron chi connectivity index (χ2n) is 5.42. The fourth-order valence-corrected chi connectivity index (χ4v) is 2.56.